The minimum absolute atomic E-state index is 0.0149. The monoisotopic (exact) mass is 381 g/mol. The number of carbonyl (C=O) groups is 1. The highest BCUT2D eigenvalue weighted by Crippen LogP contribution is 2.29. The van der Waals surface area contributed by atoms with E-state index in [2.05, 4.69) is 5.10 Å². The summed E-state index contributed by atoms with van der Waals surface area (Å²) in [6.07, 6.45) is 4.38. The van der Waals surface area contributed by atoms with E-state index in [4.69, 9.17) is 0 Å². The maximum absolute atomic E-state index is 13.1. The van der Waals surface area contributed by atoms with Gasteiger partial charge in [-0.2, -0.15) is 5.10 Å². The first-order valence-electron chi connectivity index (χ1n) is 9.51. The van der Waals surface area contributed by atoms with Crippen LogP contribution in [0.15, 0.2) is 46.6 Å². The van der Waals surface area contributed by atoms with Crippen LogP contribution in [0.2, 0.25) is 0 Å². The molecule has 1 unspecified atom stereocenters. The van der Waals surface area contributed by atoms with Gasteiger partial charge in [-0.1, -0.05) is 37.1 Å². The molecule has 27 heavy (non-hydrogen) atoms. The molecule has 2 aromatic heterocycles. The predicted octanol–water partition coefficient (Wildman–Crippen LogP) is 4.09. The minimum atomic E-state index is -0.612. The fraction of sp³-hybridized carbons (Fsp3) is 0.381. The van der Waals surface area contributed by atoms with Gasteiger partial charge in [0.2, 0.25) is 5.91 Å². The Bertz CT molecular complexity index is 1000. The lowest BCUT2D eigenvalue weighted by atomic mass is 10.1. The number of amides is 1. The van der Waals surface area contributed by atoms with E-state index < -0.39 is 6.04 Å². The second-order valence-corrected chi connectivity index (χ2v) is 7.98. The highest BCUT2D eigenvalue weighted by molar-refractivity contribution is 7.13. The Labute approximate surface area is 162 Å². The first-order chi connectivity index (χ1) is 13.2. The van der Waals surface area contributed by atoms with E-state index >= 15 is 0 Å². The van der Waals surface area contributed by atoms with E-state index in [0.717, 1.165) is 54.7 Å². The molecule has 0 saturated carbocycles. The summed E-state index contributed by atoms with van der Waals surface area (Å²) in [5.41, 5.74) is 0.553. The molecule has 0 radical (unpaired) electrons. The van der Waals surface area contributed by atoms with Crippen LogP contribution >= 0.6 is 11.3 Å². The van der Waals surface area contributed by atoms with E-state index in [1.165, 1.54) is 4.68 Å². The number of hydrogen-bond donors (Lipinski definition) is 0. The lowest BCUT2D eigenvalue weighted by molar-refractivity contribution is -0.134. The number of carbonyl (C=O) groups excluding carboxylic acids is 1. The quantitative estimate of drug-likeness (QED) is 0.687. The summed E-state index contributed by atoms with van der Waals surface area (Å²) in [4.78, 5) is 29.0. The van der Waals surface area contributed by atoms with Crippen LogP contribution in [0.4, 0.5) is 0 Å². The average molecular weight is 382 g/mol. The molecule has 1 aliphatic rings. The van der Waals surface area contributed by atoms with Crippen molar-refractivity contribution >= 4 is 28.0 Å². The molecule has 1 aromatic carbocycles. The molecule has 0 N–H and O–H groups in total. The predicted molar refractivity (Wildman–Crippen MR) is 109 cm³/mol. The summed E-state index contributed by atoms with van der Waals surface area (Å²) in [6, 6.07) is 10.9. The van der Waals surface area contributed by atoms with E-state index in [-0.39, 0.29) is 11.5 Å². The van der Waals surface area contributed by atoms with Gasteiger partial charge in [-0.15, -0.1) is 11.3 Å². The second-order valence-electron chi connectivity index (χ2n) is 7.04. The van der Waals surface area contributed by atoms with Gasteiger partial charge in [0.25, 0.3) is 5.56 Å². The maximum atomic E-state index is 13.1. The van der Waals surface area contributed by atoms with Crippen LogP contribution in [0, 0.1) is 0 Å². The standard InChI is InChI=1S/C21H23N3O2S/c1-15(20(25)23-12-6-2-3-7-13-23)24-21(26)17-10-5-4-9-16(17)19(22-24)18-11-8-14-27-18/h4-5,8-11,14-15H,2-3,6-7,12-13H2,1H3. The number of aromatic nitrogens is 2. The highest BCUT2D eigenvalue weighted by atomic mass is 32.1. The number of thiophene rings is 1. The molecule has 1 amide bonds. The molecular formula is C21H23N3O2S. The lowest BCUT2D eigenvalue weighted by Gasteiger charge is -2.25. The van der Waals surface area contributed by atoms with Gasteiger partial charge in [-0.05, 0) is 37.3 Å². The molecular weight excluding hydrogens is 358 g/mol. The Morgan fingerprint density at radius 3 is 2.41 bits per heavy atom. The summed E-state index contributed by atoms with van der Waals surface area (Å²) >= 11 is 1.58. The summed E-state index contributed by atoms with van der Waals surface area (Å²) < 4.78 is 1.38. The van der Waals surface area contributed by atoms with Gasteiger partial charge in [-0.25, -0.2) is 4.68 Å². The maximum Gasteiger partial charge on any atom is 0.275 e. The molecule has 0 spiro atoms. The molecule has 1 saturated heterocycles. The van der Waals surface area contributed by atoms with Crippen molar-refractivity contribution in [3.05, 3.63) is 52.1 Å². The zero-order valence-corrected chi connectivity index (χ0v) is 16.2. The van der Waals surface area contributed by atoms with Crippen molar-refractivity contribution in [2.75, 3.05) is 13.1 Å². The van der Waals surface area contributed by atoms with Crippen molar-refractivity contribution in [1.29, 1.82) is 0 Å². The van der Waals surface area contributed by atoms with E-state index in [1.807, 2.05) is 46.7 Å². The second kappa shape index (κ2) is 7.64. The highest BCUT2D eigenvalue weighted by Gasteiger charge is 2.26. The van der Waals surface area contributed by atoms with Crippen LogP contribution in [-0.4, -0.2) is 33.7 Å². The van der Waals surface area contributed by atoms with Crippen molar-refractivity contribution in [2.24, 2.45) is 0 Å². The molecule has 6 heteroatoms. The molecule has 1 fully saturated rings. The zero-order valence-electron chi connectivity index (χ0n) is 15.4. The third-order valence-electron chi connectivity index (χ3n) is 5.22. The van der Waals surface area contributed by atoms with Crippen molar-refractivity contribution in [2.45, 2.75) is 38.6 Å². The van der Waals surface area contributed by atoms with Crippen LogP contribution in [0.5, 0.6) is 0 Å². The van der Waals surface area contributed by atoms with Gasteiger partial charge in [0.15, 0.2) is 0 Å². The third kappa shape index (κ3) is 3.41. The van der Waals surface area contributed by atoms with E-state index in [1.54, 1.807) is 18.3 Å². The Morgan fingerprint density at radius 2 is 1.74 bits per heavy atom. The first kappa shape index (κ1) is 17.9. The van der Waals surface area contributed by atoms with Crippen molar-refractivity contribution < 1.29 is 4.79 Å². The van der Waals surface area contributed by atoms with Gasteiger partial charge < -0.3 is 4.90 Å². The number of hydrogen-bond acceptors (Lipinski definition) is 4. The molecule has 4 rings (SSSR count). The number of likely N-dealkylation sites (tertiary alicyclic amines) is 1. The zero-order chi connectivity index (χ0) is 18.8. The molecule has 3 aromatic rings. The van der Waals surface area contributed by atoms with E-state index in [0.29, 0.717) is 5.39 Å². The fourth-order valence-corrected chi connectivity index (χ4v) is 4.45. The summed E-state index contributed by atoms with van der Waals surface area (Å²) in [5.74, 6) is -0.0149. The molecule has 0 bridgehead atoms. The largest absolute Gasteiger partial charge is 0.341 e. The van der Waals surface area contributed by atoms with Crippen molar-refractivity contribution in [3.8, 4) is 10.6 Å². The van der Waals surface area contributed by atoms with Crippen LogP contribution in [0.1, 0.15) is 38.6 Å². The molecule has 0 aliphatic carbocycles. The number of fused-ring (bicyclic) bond motifs is 1. The third-order valence-corrected chi connectivity index (χ3v) is 6.10. The van der Waals surface area contributed by atoms with Crippen LogP contribution in [-0.2, 0) is 4.79 Å². The summed E-state index contributed by atoms with van der Waals surface area (Å²) in [5, 5.41) is 8.07. The van der Waals surface area contributed by atoms with Gasteiger partial charge in [-0.3, -0.25) is 9.59 Å². The fourth-order valence-electron chi connectivity index (χ4n) is 3.72. The first-order valence-corrected chi connectivity index (χ1v) is 10.4. The smallest absolute Gasteiger partial charge is 0.275 e. The summed E-state index contributed by atoms with van der Waals surface area (Å²) in [7, 11) is 0. The Kier molecular flexibility index (Phi) is 5.07. The molecule has 1 atom stereocenters. The molecule has 140 valence electrons. The van der Waals surface area contributed by atoms with Crippen LogP contribution in [0.3, 0.4) is 0 Å². The van der Waals surface area contributed by atoms with Crippen LogP contribution < -0.4 is 5.56 Å². The van der Waals surface area contributed by atoms with Gasteiger partial charge in [0.05, 0.1) is 10.3 Å². The Balaban J connectivity index is 1.80. The summed E-state index contributed by atoms with van der Waals surface area (Å²) in [6.45, 7) is 3.32. The van der Waals surface area contributed by atoms with Gasteiger partial charge >= 0.3 is 0 Å². The van der Waals surface area contributed by atoms with Gasteiger partial charge in [0.1, 0.15) is 11.7 Å². The molecule has 3 heterocycles. The lowest BCUT2D eigenvalue weighted by Crippen LogP contribution is -2.40. The average Bonchev–Trinajstić information content (AvgIpc) is 3.09. The number of benzene rings is 1. The van der Waals surface area contributed by atoms with Gasteiger partial charge in [0, 0.05) is 18.5 Å². The van der Waals surface area contributed by atoms with Crippen LogP contribution in [0.25, 0.3) is 21.3 Å². The Hall–Kier alpha value is -2.47. The van der Waals surface area contributed by atoms with Crippen molar-refractivity contribution in [1.82, 2.24) is 14.7 Å². The molecule has 5 nitrogen and oxygen atoms in total. The number of nitrogens with zero attached hydrogens (tertiary/aromatic N) is 3. The Morgan fingerprint density at radius 1 is 1.04 bits per heavy atom. The SMILES string of the molecule is CC(C(=O)N1CCCCCC1)n1nc(-c2cccs2)c2ccccc2c1=O. The molecule has 1 aliphatic heterocycles. The number of rotatable bonds is 3. The normalized spacial score (nSPS) is 16.3. The minimum Gasteiger partial charge on any atom is -0.341 e. The topological polar surface area (TPSA) is 55.2 Å². The van der Waals surface area contributed by atoms with E-state index in [9.17, 15) is 9.59 Å². The van der Waals surface area contributed by atoms with Crippen molar-refractivity contribution in [3.63, 3.8) is 0 Å².